The normalized spacial score (nSPS) is 12.1. The molecule has 70 heavy (non-hydrogen) atoms. The van der Waals surface area contributed by atoms with Crippen molar-refractivity contribution in [1.29, 1.82) is 0 Å². The van der Waals surface area contributed by atoms with Crippen molar-refractivity contribution in [2.75, 3.05) is 0 Å². The Morgan fingerprint density at radius 2 is 0.543 bits per heavy atom. The van der Waals surface area contributed by atoms with Crippen LogP contribution in [0.3, 0.4) is 0 Å². The zero-order valence-electron chi connectivity index (χ0n) is 38.0. The average molecular weight is 905 g/mol. The van der Waals surface area contributed by atoms with Gasteiger partial charge in [0.05, 0.1) is 0 Å². The summed E-state index contributed by atoms with van der Waals surface area (Å²) in [5, 5.41) is 0. The lowest BCUT2D eigenvalue weighted by atomic mass is 9.87. The summed E-state index contributed by atoms with van der Waals surface area (Å²) in [6.45, 7) is 0. The highest BCUT2D eigenvalue weighted by molar-refractivity contribution is 6.20. The second kappa shape index (κ2) is 20.0. The van der Waals surface area contributed by atoms with Gasteiger partial charge < -0.3 is 0 Å². The Morgan fingerprint density at radius 1 is 0.257 bits per heavy atom. The number of hydrogen-bond acceptors (Lipinski definition) is 5. The summed E-state index contributed by atoms with van der Waals surface area (Å²) in [5.41, 5.74) is 9.55. The lowest BCUT2D eigenvalue weighted by molar-refractivity contribution is 0.102. The molecular formula is C65H44O5. The second-order valence-corrected chi connectivity index (χ2v) is 17.3. The van der Waals surface area contributed by atoms with Crippen LogP contribution in [0.15, 0.2) is 248 Å². The largest absolute Gasteiger partial charge is 0.289 e. The van der Waals surface area contributed by atoms with Crippen molar-refractivity contribution < 1.29 is 24.0 Å². The van der Waals surface area contributed by atoms with Gasteiger partial charge >= 0.3 is 0 Å². The minimum atomic E-state index is -0.566. The third-order valence-corrected chi connectivity index (χ3v) is 12.6. The Hall–Kier alpha value is -9.19. The second-order valence-electron chi connectivity index (χ2n) is 17.3. The zero-order chi connectivity index (χ0) is 48.0. The molecule has 9 aromatic rings. The first kappa shape index (κ1) is 44.6. The average Bonchev–Trinajstić information content (AvgIpc) is 3.45. The van der Waals surface area contributed by atoms with Crippen LogP contribution >= 0.6 is 0 Å². The Kier molecular flexibility index (Phi) is 12.7. The van der Waals surface area contributed by atoms with Gasteiger partial charge in [0.15, 0.2) is 28.9 Å². The van der Waals surface area contributed by atoms with Crippen molar-refractivity contribution in [3.63, 3.8) is 0 Å². The van der Waals surface area contributed by atoms with Crippen LogP contribution in [-0.4, -0.2) is 28.9 Å². The highest BCUT2D eigenvalue weighted by Crippen LogP contribution is 2.31. The first-order chi connectivity index (χ1) is 34.3. The molecule has 10 rings (SSSR count). The Balaban J connectivity index is 1.09. The van der Waals surface area contributed by atoms with Crippen molar-refractivity contribution in [3.05, 3.63) is 304 Å². The van der Waals surface area contributed by atoms with Crippen LogP contribution in [0.1, 0.15) is 92.4 Å². The van der Waals surface area contributed by atoms with Gasteiger partial charge in [-0.3, -0.25) is 24.0 Å². The molecule has 0 radical (unpaired) electrons. The number of hydrogen-bond donors (Lipinski definition) is 0. The zero-order valence-corrected chi connectivity index (χ0v) is 38.0. The number of ketones is 5. The van der Waals surface area contributed by atoms with Crippen molar-refractivity contribution in [1.82, 2.24) is 0 Å². The minimum Gasteiger partial charge on any atom is -0.289 e. The van der Waals surface area contributed by atoms with Gasteiger partial charge in [0, 0.05) is 55.6 Å². The van der Waals surface area contributed by atoms with Crippen LogP contribution in [-0.2, 0) is 0 Å². The predicted molar refractivity (Wildman–Crippen MR) is 278 cm³/mol. The molecule has 0 amide bonds. The number of rotatable bonds is 14. The molecule has 5 nitrogen and oxygen atoms in total. The third kappa shape index (κ3) is 9.64. The summed E-state index contributed by atoms with van der Waals surface area (Å²) in [7, 11) is 0. The first-order valence-corrected chi connectivity index (χ1v) is 23.2. The van der Waals surface area contributed by atoms with E-state index in [9.17, 15) is 19.2 Å². The van der Waals surface area contributed by atoms with Gasteiger partial charge in [-0.25, -0.2) is 0 Å². The smallest absolute Gasteiger partial charge is 0.193 e. The molecule has 0 saturated heterocycles. The number of carbonyl (C=O) groups is 5. The van der Waals surface area contributed by atoms with Crippen molar-refractivity contribution >= 4 is 34.5 Å². The van der Waals surface area contributed by atoms with E-state index in [4.69, 9.17) is 0 Å². The van der Waals surface area contributed by atoms with Crippen molar-refractivity contribution in [2.24, 2.45) is 0 Å². The third-order valence-electron chi connectivity index (χ3n) is 12.6. The van der Waals surface area contributed by atoms with Gasteiger partial charge in [-0.15, -0.1) is 0 Å². The monoisotopic (exact) mass is 904 g/mol. The molecule has 0 aliphatic heterocycles. The molecule has 1 aliphatic rings. The Morgan fingerprint density at radius 3 is 0.886 bits per heavy atom. The van der Waals surface area contributed by atoms with E-state index in [0.29, 0.717) is 35.1 Å². The molecule has 1 aliphatic carbocycles. The van der Waals surface area contributed by atoms with Crippen LogP contribution < -0.4 is 0 Å². The summed E-state index contributed by atoms with van der Waals surface area (Å²) in [6, 6.07) is 69.8. The fraction of sp³-hybridized carbons (Fsp3) is 0.0308. The molecule has 0 atom stereocenters. The van der Waals surface area contributed by atoms with Gasteiger partial charge in [0.1, 0.15) is 0 Å². The molecule has 0 aromatic heterocycles. The molecular weight excluding hydrogens is 861 g/mol. The topological polar surface area (TPSA) is 85.3 Å². The van der Waals surface area contributed by atoms with Crippen LogP contribution in [0.25, 0.3) is 39.0 Å². The van der Waals surface area contributed by atoms with E-state index in [1.807, 2.05) is 164 Å². The van der Waals surface area contributed by atoms with E-state index >= 15 is 4.79 Å². The van der Waals surface area contributed by atoms with Crippen LogP contribution in [0.5, 0.6) is 0 Å². The SMILES string of the molecule is O=C(C1=CC(c2ccccc2)=CCC1)c1cc(C(=O)c2cc(C(=O)c3cccc(-c4ccccc4)c3)cc(C(=O)c3cccc(-c4ccccc4)c3)c2)cc(C(=O)c2cccc(-c3ccccc3)c2)c1. The summed E-state index contributed by atoms with van der Waals surface area (Å²) >= 11 is 0. The van der Waals surface area contributed by atoms with Gasteiger partial charge in [0.2, 0.25) is 0 Å². The fourth-order valence-electron chi connectivity index (χ4n) is 9.02. The molecule has 0 N–H and O–H groups in total. The van der Waals surface area contributed by atoms with E-state index in [0.717, 1.165) is 44.5 Å². The molecule has 5 heteroatoms. The molecule has 0 spiro atoms. The van der Waals surface area contributed by atoms with Gasteiger partial charge in [-0.05, 0) is 118 Å². The quantitative estimate of drug-likeness (QED) is 0.101. The summed E-state index contributed by atoms with van der Waals surface area (Å²) in [5.74, 6) is -2.02. The summed E-state index contributed by atoms with van der Waals surface area (Å²) < 4.78 is 0. The molecule has 0 saturated carbocycles. The minimum absolute atomic E-state index is 0.0490. The molecule has 0 unspecified atom stereocenters. The van der Waals surface area contributed by atoms with Gasteiger partial charge in [0.25, 0.3) is 0 Å². The highest BCUT2D eigenvalue weighted by Gasteiger charge is 2.25. The van der Waals surface area contributed by atoms with E-state index in [2.05, 4.69) is 6.08 Å². The molecule has 0 heterocycles. The Labute approximate surface area is 406 Å². The summed E-state index contributed by atoms with van der Waals surface area (Å²) in [6.07, 6.45) is 5.09. The van der Waals surface area contributed by atoms with E-state index in [1.165, 1.54) is 30.3 Å². The maximum absolute atomic E-state index is 15.2. The van der Waals surface area contributed by atoms with E-state index in [1.54, 1.807) is 42.5 Å². The van der Waals surface area contributed by atoms with Crippen LogP contribution in [0.4, 0.5) is 0 Å². The molecule has 0 bridgehead atoms. The number of benzene rings is 9. The lowest BCUT2D eigenvalue weighted by Crippen LogP contribution is -2.14. The molecule has 9 aromatic carbocycles. The number of allylic oxidation sites excluding steroid dienone is 4. The molecule has 334 valence electrons. The standard InChI is InChI=1S/C65H44O5/c66-61(51-29-13-25-47(33-51)43-17-5-1-6-18-43)55-37-56(62(67)52-30-14-26-48(34-52)44-19-7-2-8-20-44)40-59(39-55)65(70)60-41-57(63(68)53-31-15-27-49(35-53)45-21-9-3-10-22-45)38-58(42-60)64(69)54-32-16-28-50(36-54)46-23-11-4-12-24-46/h1-15,17-31,33-42H,16,32H2. The van der Waals surface area contributed by atoms with E-state index < -0.39 is 5.78 Å². The number of carbonyl (C=O) groups excluding carboxylic acids is 5. The van der Waals surface area contributed by atoms with Crippen molar-refractivity contribution in [3.8, 4) is 33.4 Å². The van der Waals surface area contributed by atoms with Gasteiger partial charge in [-0.1, -0.05) is 182 Å². The van der Waals surface area contributed by atoms with Crippen LogP contribution in [0.2, 0.25) is 0 Å². The molecule has 0 fully saturated rings. The Bertz CT molecular complexity index is 3440. The maximum atomic E-state index is 15.2. The van der Waals surface area contributed by atoms with E-state index in [-0.39, 0.29) is 56.5 Å². The first-order valence-electron chi connectivity index (χ1n) is 23.2. The maximum Gasteiger partial charge on any atom is 0.193 e. The van der Waals surface area contributed by atoms with Gasteiger partial charge in [-0.2, -0.15) is 0 Å². The van der Waals surface area contributed by atoms with Crippen LogP contribution in [0, 0.1) is 0 Å². The van der Waals surface area contributed by atoms with Crippen molar-refractivity contribution in [2.45, 2.75) is 12.8 Å². The highest BCUT2D eigenvalue weighted by atomic mass is 16.1. The fourth-order valence-corrected chi connectivity index (χ4v) is 9.02. The lowest BCUT2D eigenvalue weighted by Gasteiger charge is -2.15. The predicted octanol–water partition coefficient (Wildman–Crippen LogP) is 14.6. The summed E-state index contributed by atoms with van der Waals surface area (Å²) in [4.78, 5) is 73.9. The number of Topliss-reactive ketones (excluding diaryl/α,β-unsaturated/α-hetero) is 1.